The Kier molecular flexibility index (Phi) is 4.81. The van der Waals surface area contributed by atoms with Crippen molar-refractivity contribution in [2.45, 2.75) is 51.4 Å². The van der Waals surface area contributed by atoms with Gasteiger partial charge >= 0.3 is 0 Å². The normalized spacial score (nSPS) is 28.6. The molecule has 4 atom stereocenters. The van der Waals surface area contributed by atoms with Gasteiger partial charge < -0.3 is 0 Å². The fraction of sp³-hybridized carbons (Fsp3) is 0.478. The Hall–Kier alpha value is -1.77. The molecule has 138 valence electrons. The average molecular weight is 358 g/mol. The highest BCUT2D eigenvalue weighted by Crippen LogP contribution is 2.47. The van der Waals surface area contributed by atoms with Crippen LogP contribution in [0, 0.1) is 35.2 Å². The van der Waals surface area contributed by atoms with E-state index in [0.29, 0.717) is 17.0 Å². The number of rotatable bonds is 2. The molecule has 2 saturated carbocycles. The predicted octanol–water partition coefficient (Wildman–Crippen LogP) is 7.09. The fourth-order valence-electron chi connectivity index (χ4n) is 5.10. The molecule has 0 spiro atoms. The van der Waals surface area contributed by atoms with Crippen LogP contribution in [0.2, 0.25) is 0 Å². The maximum absolute atomic E-state index is 13.5. The molecule has 3 heteroatoms. The maximum atomic E-state index is 13.5. The SMILES string of the molecule is CC1CC[C@@H]2C[C@H](c3ccc(-c4cc(F)c(F)c(F)c4)cc3)CC[C@@H]2C1. The molecule has 2 aliphatic carbocycles. The van der Waals surface area contributed by atoms with Crippen LogP contribution in [0.15, 0.2) is 36.4 Å². The van der Waals surface area contributed by atoms with E-state index in [1.807, 2.05) is 12.1 Å². The number of hydrogen-bond donors (Lipinski definition) is 0. The molecular formula is C23H25F3. The highest BCUT2D eigenvalue weighted by atomic mass is 19.2. The standard InChI is InChI=1S/C23H25F3/c1-14-2-3-19-11-18(9-8-17(19)10-14)15-4-6-16(7-5-15)20-12-21(24)23(26)22(25)13-20/h4-7,12-14,17-19H,2-3,8-11H2,1H3/t14?,17-,18-,19-/m1/s1. The smallest absolute Gasteiger partial charge is 0.194 e. The van der Waals surface area contributed by atoms with Crippen LogP contribution in [0.25, 0.3) is 11.1 Å². The minimum absolute atomic E-state index is 0.373. The molecule has 0 amide bonds. The number of fused-ring (bicyclic) bond motifs is 1. The van der Waals surface area contributed by atoms with Crippen molar-refractivity contribution in [1.82, 2.24) is 0 Å². The van der Waals surface area contributed by atoms with Gasteiger partial charge in [0.05, 0.1) is 0 Å². The second-order valence-electron chi connectivity index (χ2n) is 8.32. The van der Waals surface area contributed by atoms with Gasteiger partial charge in [-0.15, -0.1) is 0 Å². The first-order chi connectivity index (χ1) is 12.5. The Bertz CT molecular complexity index is 758. The zero-order chi connectivity index (χ0) is 18.3. The molecule has 2 aromatic carbocycles. The fourth-order valence-corrected chi connectivity index (χ4v) is 5.10. The van der Waals surface area contributed by atoms with E-state index in [-0.39, 0.29) is 0 Å². The van der Waals surface area contributed by atoms with Crippen LogP contribution in [-0.2, 0) is 0 Å². The molecule has 0 nitrogen and oxygen atoms in total. The number of benzene rings is 2. The third-order valence-electron chi connectivity index (χ3n) is 6.57. The summed E-state index contributed by atoms with van der Waals surface area (Å²) in [4.78, 5) is 0. The summed E-state index contributed by atoms with van der Waals surface area (Å²) >= 11 is 0. The molecule has 1 unspecified atom stereocenters. The van der Waals surface area contributed by atoms with Crippen molar-refractivity contribution in [2.24, 2.45) is 17.8 Å². The molecule has 0 saturated heterocycles. The Morgan fingerprint density at radius 1 is 0.731 bits per heavy atom. The zero-order valence-electron chi connectivity index (χ0n) is 15.2. The molecule has 0 N–H and O–H groups in total. The first-order valence-electron chi connectivity index (χ1n) is 9.76. The van der Waals surface area contributed by atoms with Gasteiger partial charge in [-0.2, -0.15) is 0 Å². The molecule has 2 aliphatic rings. The highest BCUT2D eigenvalue weighted by Gasteiger charge is 2.34. The molecular weight excluding hydrogens is 333 g/mol. The second kappa shape index (κ2) is 7.09. The Balaban J connectivity index is 1.50. The lowest BCUT2D eigenvalue weighted by Crippen LogP contribution is -2.29. The summed E-state index contributed by atoms with van der Waals surface area (Å²) in [6.45, 7) is 2.38. The van der Waals surface area contributed by atoms with Crippen LogP contribution in [-0.4, -0.2) is 0 Å². The van der Waals surface area contributed by atoms with Crippen molar-refractivity contribution in [3.8, 4) is 11.1 Å². The first-order valence-corrected chi connectivity index (χ1v) is 9.76. The lowest BCUT2D eigenvalue weighted by atomic mass is 9.64. The summed E-state index contributed by atoms with van der Waals surface area (Å²) < 4.78 is 40.1. The van der Waals surface area contributed by atoms with Crippen molar-refractivity contribution in [1.29, 1.82) is 0 Å². The van der Waals surface area contributed by atoms with E-state index in [1.54, 1.807) is 0 Å². The lowest BCUT2D eigenvalue weighted by molar-refractivity contribution is 0.124. The molecule has 26 heavy (non-hydrogen) atoms. The van der Waals surface area contributed by atoms with E-state index in [4.69, 9.17) is 0 Å². The van der Waals surface area contributed by atoms with Gasteiger partial charge in [0.2, 0.25) is 0 Å². The van der Waals surface area contributed by atoms with Gasteiger partial charge in [0, 0.05) is 0 Å². The minimum atomic E-state index is -1.41. The maximum Gasteiger partial charge on any atom is 0.194 e. The summed E-state index contributed by atoms with van der Waals surface area (Å²) in [6, 6.07) is 10.1. The molecule has 2 aromatic rings. The van der Waals surface area contributed by atoms with Crippen LogP contribution in [0.3, 0.4) is 0 Å². The van der Waals surface area contributed by atoms with Crippen LogP contribution in [0.1, 0.15) is 56.9 Å². The van der Waals surface area contributed by atoms with E-state index in [9.17, 15) is 13.2 Å². The summed E-state index contributed by atoms with van der Waals surface area (Å²) in [6.07, 6.45) is 7.90. The topological polar surface area (TPSA) is 0 Å². The van der Waals surface area contributed by atoms with Gasteiger partial charge in [0.1, 0.15) is 0 Å². The van der Waals surface area contributed by atoms with E-state index in [0.717, 1.165) is 29.9 Å². The van der Waals surface area contributed by atoms with Crippen molar-refractivity contribution < 1.29 is 13.2 Å². The molecule has 0 radical (unpaired) electrons. The lowest BCUT2D eigenvalue weighted by Gasteiger charge is -2.41. The molecule has 0 heterocycles. The largest absolute Gasteiger partial charge is 0.204 e. The minimum Gasteiger partial charge on any atom is -0.204 e. The predicted molar refractivity (Wildman–Crippen MR) is 98.3 cm³/mol. The van der Waals surface area contributed by atoms with Gasteiger partial charge in [-0.05, 0) is 84.6 Å². The third kappa shape index (κ3) is 3.41. The van der Waals surface area contributed by atoms with E-state index in [2.05, 4.69) is 19.1 Å². The van der Waals surface area contributed by atoms with Gasteiger partial charge in [-0.1, -0.05) is 37.6 Å². The second-order valence-corrected chi connectivity index (χ2v) is 8.32. The Morgan fingerprint density at radius 2 is 1.35 bits per heavy atom. The van der Waals surface area contributed by atoms with Crippen LogP contribution >= 0.6 is 0 Å². The van der Waals surface area contributed by atoms with Crippen molar-refractivity contribution in [3.63, 3.8) is 0 Å². The average Bonchev–Trinajstić information content (AvgIpc) is 2.65. The Morgan fingerprint density at radius 3 is 2.04 bits per heavy atom. The molecule has 4 rings (SSSR count). The molecule has 0 aromatic heterocycles. The Labute approximate surface area is 153 Å². The molecule has 0 bridgehead atoms. The summed E-state index contributed by atoms with van der Waals surface area (Å²) in [5, 5.41) is 0. The van der Waals surface area contributed by atoms with Crippen LogP contribution < -0.4 is 0 Å². The first kappa shape index (κ1) is 17.6. The third-order valence-corrected chi connectivity index (χ3v) is 6.57. The summed E-state index contributed by atoms with van der Waals surface area (Å²) in [5.41, 5.74) is 2.40. The number of hydrogen-bond acceptors (Lipinski definition) is 0. The van der Waals surface area contributed by atoms with Crippen molar-refractivity contribution >= 4 is 0 Å². The van der Waals surface area contributed by atoms with Crippen LogP contribution in [0.5, 0.6) is 0 Å². The zero-order valence-corrected chi connectivity index (χ0v) is 15.2. The van der Waals surface area contributed by atoms with Gasteiger partial charge in [-0.3, -0.25) is 0 Å². The van der Waals surface area contributed by atoms with Gasteiger partial charge in [0.25, 0.3) is 0 Å². The highest BCUT2D eigenvalue weighted by molar-refractivity contribution is 5.64. The quantitative estimate of drug-likeness (QED) is 0.503. The van der Waals surface area contributed by atoms with Gasteiger partial charge in [-0.25, -0.2) is 13.2 Å². The van der Waals surface area contributed by atoms with Gasteiger partial charge in [0.15, 0.2) is 17.5 Å². The summed E-state index contributed by atoms with van der Waals surface area (Å²) in [7, 11) is 0. The van der Waals surface area contributed by atoms with E-state index in [1.165, 1.54) is 44.1 Å². The molecule has 2 fully saturated rings. The van der Waals surface area contributed by atoms with Crippen molar-refractivity contribution in [3.05, 3.63) is 59.4 Å². The van der Waals surface area contributed by atoms with E-state index >= 15 is 0 Å². The van der Waals surface area contributed by atoms with E-state index < -0.39 is 17.5 Å². The monoisotopic (exact) mass is 358 g/mol. The molecule has 0 aliphatic heterocycles. The van der Waals surface area contributed by atoms with Crippen molar-refractivity contribution in [2.75, 3.05) is 0 Å². The summed E-state index contributed by atoms with van der Waals surface area (Å²) in [5.74, 6) is -0.486. The number of halogens is 3. The van der Waals surface area contributed by atoms with Crippen LogP contribution in [0.4, 0.5) is 13.2 Å².